The Balaban J connectivity index is 2.22. The molecule has 0 radical (unpaired) electrons. The summed E-state index contributed by atoms with van der Waals surface area (Å²) in [7, 11) is 0. The minimum absolute atomic E-state index is 0.130. The number of nitrogens with one attached hydrogen (secondary N) is 1. The number of hydrogen-bond donors (Lipinski definition) is 1. The molecule has 0 bridgehead atoms. The molecule has 0 saturated carbocycles. The zero-order valence-electron chi connectivity index (χ0n) is 8.82. The Hall–Kier alpha value is -0.600. The highest BCUT2D eigenvalue weighted by Crippen LogP contribution is 2.26. The summed E-state index contributed by atoms with van der Waals surface area (Å²) >= 11 is 6.02. The van der Waals surface area contributed by atoms with E-state index < -0.39 is 0 Å². The minimum atomic E-state index is -0.130. The molecule has 1 nitrogen and oxygen atoms in total. The third-order valence-corrected chi connectivity index (χ3v) is 3.39. The quantitative estimate of drug-likeness (QED) is 0.819. The van der Waals surface area contributed by atoms with Crippen molar-refractivity contribution in [3.05, 3.63) is 34.1 Å². The number of rotatable bonds is 2. The molecule has 1 N–H and O–H groups in total. The van der Waals surface area contributed by atoms with E-state index in [4.69, 9.17) is 11.6 Å². The molecule has 1 atom stereocenters. The van der Waals surface area contributed by atoms with Crippen molar-refractivity contribution in [1.82, 2.24) is 5.32 Å². The average molecular weight is 228 g/mol. The van der Waals surface area contributed by atoms with E-state index in [1.54, 1.807) is 19.1 Å². The van der Waals surface area contributed by atoms with Gasteiger partial charge in [-0.05, 0) is 50.4 Å². The standard InChI is InChI=1S/C12H15ClFN/c1-8-2-3-11(13)10(12(8)14)6-9-4-5-15-7-9/h2-3,9,15H,4-7H2,1H3. The summed E-state index contributed by atoms with van der Waals surface area (Å²) < 4.78 is 13.8. The molecule has 82 valence electrons. The van der Waals surface area contributed by atoms with Crippen LogP contribution in [0.4, 0.5) is 4.39 Å². The van der Waals surface area contributed by atoms with Gasteiger partial charge in [-0.2, -0.15) is 0 Å². The Bertz CT molecular complexity index is 359. The van der Waals surface area contributed by atoms with Crippen molar-refractivity contribution < 1.29 is 4.39 Å². The Labute approximate surface area is 94.6 Å². The van der Waals surface area contributed by atoms with Gasteiger partial charge in [0.15, 0.2) is 0 Å². The van der Waals surface area contributed by atoms with Crippen LogP contribution in [-0.4, -0.2) is 13.1 Å². The van der Waals surface area contributed by atoms with Crippen molar-refractivity contribution in [2.24, 2.45) is 5.92 Å². The van der Waals surface area contributed by atoms with Gasteiger partial charge in [0, 0.05) is 10.6 Å². The highest BCUT2D eigenvalue weighted by molar-refractivity contribution is 6.31. The molecule has 0 spiro atoms. The summed E-state index contributed by atoms with van der Waals surface area (Å²) in [5, 5.41) is 3.84. The first kappa shape index (κ1) is 10.9. The summed E-state index contributed by atoms with van der Waals surface area (Å²) in [6.45, 7) is 3.79. The predicted molar refractivity (Wildman–Crippen MR) is 60.8 cm³/mol. The monoisotopic (exact) mass is 227 g/mol. The number of aryl methyl sites for hydroxylation is 1. The van der Waals surface area contributed by atoms with E-state index in [1.165, 1.54) is 0 Å². The molecular formula is C12H15ClFN. The first-order valence-corrected chi connectivity index (χ1v) is 5.70. The van der Waals surface area contributed by atoms with Crippen molar-refractivity contribution in [2.45, 2.75) is 19.8 Å². The lowest BCUT2D eigenvalue weighted by Gasteiger charge is -2.12. The second-order valence-electron chi connectivity index (χ2n) is 4.22. The second kappa shape index (κ2) is 4.50. The summed E-state index contributed by atoms with van der Waals surface area (Å²) in [6, 6.07) is 3.52. The van der Waals surface area contributed by atoms with Gasteiger partial charge in [-0.15, -0.1) is 0 Å². The molecular weight excluding hydrogens is 213 g/mol. The highest BCUT2D eigenvalue weighted by Gasteiger charge is 2.19. The zero-order chi connectivity index (χ0) is 10.8. The van der Waals surface area contributed by atoms with Crippen LogP contribution in [0.25, 0.3) is 0 Å². The topological polar surface area (TPSA) is 12.0 Å². The minimum Gasteiger partial charge on any atom is -0.316 e. The van der Waals surface area contributed by atoms with Crippen molar-refractivity contribution in [1.29, 1.82) is 0 Å². The molecule has 3 heteroatoms. The molecule has 1 aromatic rings. The van der Waals surface area contributed by atoms with E-state index in [2.05, 4.69) is 5.32 Å². The normalized spacial score (nSPS) is 20.9. The lowest BCUT2D eigenvalue weighted by atomic mass is 9.97. The van der Waals surface area contributed by atoms with Crippen LogP contribution in [0, 0.1) is 18.7 Å². The Morgan fingerprint density at radius 2 is 2.33 bits per heavy atom. The molecule has 2 rings (SSSR count). The van der Waals surface area contributed by atoms with Crippen LogP contribution in [0.2, 0.25) is 5.02 Å². The van der Waals surface area contributed by atoms with Crippen LogP contribution in [0.3, 0.4) is 0 Å². The van der Waals surface area contributed by atoms with Gasteiger partial charge in [0.1, 0.15) is 5.82 Å². The van der Waals surface area contributed by atoms with Crippen molar-refractivity contribution in [3.63, 3.8) is 0 Å². The molecule has 1 saturated heterocycles. The second-order valence-corrected chi connectivity index (χ2v) is 4.63. The van der Waals surface area contributed by atoms with Crippen LogP contribution >= 0.6 is 11.6 Å². The van der Waals surface area contributed by atoms with Crippen LogP contribution in [-0.2, 0) is 6.42 Å². The van der Waals surface area contributed by atoms with E-state index in [0.29, 0.717) is 22.1 Å². The average Bonchev–Trinajstić information content (AvgIpc) is 2.71. The lowest BCUT2D eigenvalue weighted by Crippen LogP contribution is -2.12. The molecule has 1 unspecified atom stereocenters. The summed E-state index contributed by atoms with van der Waals surface area (Å²) in [5.74, 6) is 0.396. The Kier molecular flexibility index (Phi) is 3.27. The lowest BCUT2D eigenvalue weighted by molar-refractivity contribution is 0.540. The molecule has 0 aliphatic carbocycles. The van der Waals surface area contributed by atoms with Crippen molar-refractivity contribution in [2.75, 3.05) is 13.1 Å². The van der Waals surface area contributed by atoms with Crippen LogP contribution in [0.1, 0.15) is 17.5 Å². The fraction of sp³-hybridized carbons (Fsp3) is 0.500. The summed E-state index contributed by atoms with van der Waals surface area (Å²) in [4.78, 5) is 0. The largest absolute Gasteiger partial charge is 0.316 e. The smallest absolute Gasteiger partial charge is 0.130 e. The maximum atomic E-state index is 13.8. The predicted octanol–water partition coefficient (Wildman–Crippen LogP) is 2.94. The molecule has 1 aliphatic heterocycles. The fourth-order valence-electron chi connectivity index (χ4n) is 2.08. The van der Waals surface area contributed by atoms with Crippen molar-refractivity contribution >= 4 is 11.6 Å². The van der Waals surface area contributed by atoms with E-state index in [1.807, 2.05) is 0 Å². The third-order valence-electron chi connectivity index (χ3n) is 3.03. The maximum Gasteiger partial charge on any atom is 0.130 e. The molecule has 1 heterocycles. The summed E-state index contributed by atoms with van der Waals surface area (Å²) in [6.07, 6.45) is 1.86. The van der Waals surface area contributed by atoms with E-state index in [0.717, 1.165) is 25.9 Å². The number of halogens is 2. The highest BCUT2D eigenvalue weighted by atomic mass is 35.5. The first-order chi connectivity index (χ1) is 7.18. The molecule has 1 fully saturated rings. The first-order valence-electron chi connectivity index (χ1n) is 5.32. The van der Waals surface area contributed by atoms with Gasteiger partial charge in [0.2, 0.25) is 0 Å². The Morgan fingerprint density at radius 1 is 1.53 bits per heavy atom. The fourth-order valence-corrected chi connectivity index (χ4v) is 2.30. The van der Waals surface area contributed by atoms with Gasteiger partial charge < -0.3 is 5.32 Å². The Morgan fingerprint density at radius 3 is 3.00 bits per heavy atom. The van der Waals surface area contributed by atoms with E-state index in [9.17, 15) is 4.39 Å². The van der Waals surface area contributed by atoms with Crippen LogP contribution in [0.15, 0.2) is 12.1 Å². The van der Waals surface area contributed by atoms with Gasteiger partial charge in [0.25, 0.3) is 0 Å². The molecule has 1 aromatic carbocycles. The van der Waals surface area contributed by atoms with E-state index in [-0.39, 0.29) is 5.82 Å². The van der Waals surface area contributed by atoms with Gasteiger partial charge in [-0.25, -0.2) is 4.39 Å². The molecule has 0 aromatic heterocycles. The van der Waals surface area contributed by atoms with Crippen LogP contribution in [0.5, 0.6) is 0 Å². The maximum absolute atomic E-state index is 13.8. The van der Waals surface area contributed by atoms with Crippen molar-refractivity contribution in [3.8, 4) is 0 Å². The number of hydrogen-bond acceptors (Lipinski definition) is 1. The van der Waals surface area contributed by atoms with Gasteiger partial charge in [-0.1, -0.05) is 17.7 Å². The molecule has 0 amide bonds. The van der Waals surface area contributed by atoms with E-state index >= 15 is 0 Å². The van der Waals surface area contributed by atoms with Crippen LogP contribution < -0.4 is 5.32 Å². The van der Waals surface area contributed by atoms with Gasteiger partial charge in [-0.3, -0.25) is 0 Å². The molecule has 15 heavy (non-hydrogen) atoms. The molecule has 1 aliphatic rings. The third kappa shape index (κ3) is 2.32. The SMILES string of the molecule is Cc1ccc(Cl)c(CC2CCNC2)c1F. The van der Waals surface area contributed by atoms with Gasteiger partial charge >= 0.3 is 0 Å². The van der Waals surface area contributed by atoms with Gasteiger partial charge in [0.05, 0.1) is 0 Å². The zero-order valence-corrected chi connectivity index (χ0v) is 9.57. The summed E-state index contributed by atoms with van der Waals surface area (Å²) in [5.41, 5.74) is 1.37. The number of benzene rings is 1.